The molecule has 0 fully saturated rings. The van der Waals surface area contributed by atoms with Crippen molar-refractivity contribution in [3.63, 3.8) is 0 Å². The van der Waals surface area contributed by atoms with Gasteiger partial charge in [-0.05, 0) is 63.3 Å². The maximum Gasteiger partial charge on any atom is 0.243 e. The predicted octanol–water partition coefficient (Wildman–Crippen LogP) is 5.79. The van der Waals surface area contributed by atoms with Crippen LogP contribution in [0.5, 0.6) is 0 Å². The Hall–Kier alpha value is -3.40. The van der Waals surface area contributed by atoms with Crippen LogP contribution in [0.1, 0.15) is 55.0 Å². The quantitative estimate of drug-likeness (QED) is 0.430. The van der Waals surface area contributed by atoms with E-state index in [0.29, 0.717) is 25.8 Å². The zero-order valence-electron chi connectivity index (χ0n) is 21.7. The standard InChI is InChI=1S/C31H38N2O2/c1-23-15-17-25(18-16-23)19-20-29(34)33(22-27-14-10-9-11-24(27)2)28(30(35)32-31(3,4)5)21-26-12-7-6-8-13-26/h6-18,28H,19-22H2,1-5H3,(H,32,35). The van der Waals surface area contributed by atoms with Gasteiger partial charge in [-0.3, -0.25) is 9.59 Å². The van der Waals surface area contributed by atoms with Gasteiger partial charge < -0.3 is 10.2 Å². The SMILES string of the molecule is Cc1ccc(CCC(=O)N(Cc2ccccc2C)C(Cc2ccccc2)C(=O)NC(C)(C)C)cc1. The monoisotopic (exact) mass is 470 g/mol. The van der Waals surface area contributed by atoms with E-state index < -0.39 is 11.6 Å². The van der Waals surface area contributed by atoms with Crippen LogP contribution in [-0.4, -0.2) is 28.3 Å². The molecule has 1 atom stereocenters. The van der Waals surface area contributed by atoms with E-state index in [4.69, 9.17) is 0 Å². The van der Waals surface area contributed by atoms with Gasteiger partial charge in [-0.25, -0.2) is 0 Å². The average molecular weight is 471 g/mol. The van der Waals surface area contributed by atoms with Crippen molar-refractivity contribution in [1.29, 1.82) is 0 Å². The summed E-state index contributed by atoms with van der Waals surface area (Å²) in [7, 11) is 0. The van der Waals surface area contributed by atoms with Gasteiger partial charge in [0.15, 0.2) is 0 Å². The second-order valence-electron chi connectivity index (χ2n) is 10.4. The molecule has 0 aromatic heterocycles. The zero-order valence-corrected chi connectivity index (χ0v) is 21.7. The number of hydrogen-bond donors (Lipinski definition) is 1. The Morgan fingerprint density at radius 2 is 1.46 bits per heavy atom. The lowest BCUT2D eigenvalue weighted by Gasteiger charge is -2.34. The minimum atomic E-state index is -0.609. The summed E-state index contributed by atoms with van der Waals surface area (Å²) in [6, 6.07) is 25.7. The Balaban J connectivity index is 1.93. The smallest absolute Gasteiger partial charge is 0.243 e. The van der Waals surface area contributed by atoms with Crippen LogP contribution in [-0.2, 0) is 29.0 Å². The van der Waals surface area contributed by atoms with Crippen molar-refractivity contribution in [2.45, 2.75) is 72.0 Å². The largest absolute Gasteiger partial charge is 0.350 e. The lowest BCUT2D eigenvalue weighted by Crippen LogP contribution is -2.54. The molecule has 3 rings (SSSR count). The van der Waals surface area contributed by atoms with E-state index in [1.165, 1.54) is 5.56 Å². The molecule has 0 radical (unpaired) electrons. The maximum atomic E-state index is 13.7. The number of rotatable bonds is 9. The van der Waals surface area contributed by atoms with Crippen LogP contribution < -0.4 is 5.32 Å². The molecular formula is C31H38N2O2. The number of carbonyl (C=O) groups excluding carboxylic acids is 2. The van der Waals surface area contributed by atoms with Crippen molar-refractivity contribution >= 4 is 11.8 Å². The average Bonchev–Trinajstić information content (AvgIpc) is 2.81. The molecule has 0 saturated carbocycles. The summed E-state index contributed by atoms with van der Waals surface area (Å²) in [5, 5.41) is 3.12. The van der Waals surface area contributed by atoms with Crippen LogP contribution in [0.3, 0.4) is 0 Å². The van der Waals surface area contributed by atoms with Crippen molar-refractivity contribution in [2.75, 3.05) is 0 Å². The molecule has 1 N–H and O–H groups in total. The third-order valence-corrected chi connectivity index (χ3v) is 6.12. The second-order valence-corrected chi connectivity index (χ2v) is 10.4. The van der Waals surface area contributed by atoms with Crippen molar-refractivity contribution in [3.05, 3.63) is 107 Å². The van der Waals surface area contributed by atoms with Crippen LogP contribution in [0.25, 0.3) is 0 Å². The van der Waals surface area contributed by atoms with Crippen LogP contribution in [0.2, 0.25) is 0 Å². The normalized spacial score (nSPS) is 12.1. The lowest BCUT2D eigenvalue weighted by atomic mass is 9.99. The highest BCUT2D eigenvalue weighted by molar-refractivity contribution is 5.88. The van der Waals surface area contributed by atoms with E-state index in [9.17, 15) is 9.59 Å². The molecule has 0 aliphatic rings. The number of aryl methyl sites for hydroxylation is 3. The Morgan fingerprint density at radius 3 is 2.09 bits per heavy atom. The van der Waals surface area contributed by atoms with Crippen molar-refractivity contribution in [3.8, 4) is 0 Å². The van der Waals surface area contributed by atoms with E-state index in [-0.39, 0.29) is 11.8 Å². The van der Waals surface area contributed by atoms with Crippen LogP contribution in [0.15, 0.2) is 78.9 Å². The summed E-state index contributed by atoms with van der Waals surface area (Å²) < 4.78 is 0. The summed E-state index contributed by atoms with van der Waals surface area (Å²) in [5.74, 6) is -0.141. The molecule has 0 saturated heterocycles. The maximum absolute atomic E-state index is 13.7. The number of amides is 2. The van der Waals surface area contributed by atoms with Crippen LogP contribution in [0, 0.1) is 13.8 Å². The molecule has 3 aromatic carbocycles. The van der Waals surface area contributed by atoms with Gasteiger partial charge in [-0.1, -0.05) is 84.4 Å². The number of nitrogens with one attached hydrogen (secondary N) is 1. The third-order valence-electron chi connectivity index (χ3n) is 6.12. The Labute approximate surface area is 210 Å². The molecule has 4 nitrogen and oxygen atoms in total. The molecule has 0 spiro atoms. The van der Waals surface area contributed by atoms with Crippen molar-refractivity contribution in [1.82, 2.24) is 10.2 Å². The summed E-state index contributed by atoms with van der Waals surface area (Å²) in [6.07, 6.45) is 1.45. The molecule has 3 aromatic rings. The Bertz CT molecular complexity index is 1110. The highest BCUT2D eigenvalue weighted by Gasteiger charge is 2.32. The predicted molar refractivity (Wildman–Crippen MR) is 143 cm³/mol. The fourth-order valence-corrected chi connectivity index (χ4v) is 4.13. The summed E-state index contributed by atoms with van der Waals surface area (Å²) in [4.78, 5) is 29.1. The van der Waals surface area contributed by atoms with Crippen LogP contribution in [0.4, 0.5) is 0 Å². The van der Waals surface area contributed by atoms with Crippen molar-refractivity contribution < 1.29 is 9.59 Å². The highest BCUT2D eigenvalue weighted by Crippen LogP contribution is 2.19. The summed E-state index contributed by atoms with van der Waals surface area (Å²) in [5.41, 5.74) is 5.12. The number of hydrogen-bond acceptors (Lipinski definition) is 2. The first kappa shape index (κ1) is 26.2. The van der Waals surface area contributed by atoms with E-state index in [0.717, 1.165) is 22.3 Å². The number of benzene rings is 3. The molecule has 2 amide bonds. The van der Waals surface area contributed by atoms with E-state index in [2.05, 4.69) is 36.5 Å². The molecule has 0 heterocycles. The summed E-state index contributed by atoms with van der Waals surface area (Å²) in [6.45, 7) is 10.4. The number of nitrogens with zero attached hydrogens (tertiary/aromatic N) is 1. The molecular weight excluding hydrogens is 432 g/mol. The van der Waals surface area contributed by atoms with Crippen molar-refractivity contribution in [2.24, 2.45) is 0 Å². The Kier molecular flexibility index (Phi) is 8.86. The van der Waals surface area contributed by atoms with Gasteiger partial charge in [0, 0.05) is 24.9 Å². The number of carbonyl (C=O) groups is 2. The molecule has 0 aliphatic carbocycles. The molecule has 0 bridgehead atoms. The zero-order chi connectivity index (χ0) is 25.4. The fraction of sp³-hybridized carbons (Fsp3) is 0.355. The topological polar surface area (TPSA) is 49.4 Å². The van der Waals surface area contributed by atoms with Gasteiger partial charge in [0.25, 0.3) is 0 Å². The van der Waals surface area contributed by atoms with E-state index in [1.54, 1.807) is 4.90 Å². The molecule has 1 unspecified atom stereocenters. The fourth-order valence-electron chi connectivity index (χ4n) is 4.13. The lowest BCUT2D eigenvalue weighted by molar-refractivity contribution is -0.141. The molecule has 0 aliphatic heterocycles. The van der Waals surface area contributed by atoms with Gasteiger partial charge in [0.05, 0.1) is 0 Å². The second kappa shape index (κ2) is 11.8. The first-order valence-corrected chi connectivity index (χ1v) is 12.4. The molecule has 4 heteroatoms. The summed E-state index contributed by atoms with van der Waals surface area (Å²) >= 11 is 0. The third kappa shape index (κ3) is 8.10. The highest BCUT2D eigenvalue weighted by atomic mass is 16.2. The van der Waals surface area contributed by atoms with Gasteiger partial charge in [-0.15, -0.1) is 0 Å². The van der Waals surface area contributed by atoms with Gasteiger partial charge >= 0.3 is 0 Å². The molecule has 35 heavy (non-hydrogen) atoms. The van der Waals surface area contributed by atoms with E-state index >= 15 is 0 Å². The van der Waals surface area contributed by atoms with E-state index in [1.807, 2.05) is 82.3 Å². The van der Waals surface area contributed by atoms with Crippen LogP contribution >= 0.6 is 0 Å². The van der Waals surface area contributed by atoms with Gasteiger partial charge in [0.1, 0.15) is 6.04 Å². The minimum Gasteiger partial charge on any atom is -0.350 e. The first-order valence-electron chi connectivity index (χ1n) is 12.4. The molecule has 184 valence electrons. The first-order chi connectivity index (χ1) is 16.6. The van der Waals surface area contributed by atoms with Gasteiger partial charge in [0.2, 0.25) is 11.8 Å². The minimum absolute atomic E-state index is 0.0150. The van der Waals surface area contributed by atoms with Gasteiger partial charge in [-0.2, -0.15) is 0 Å². The Morgan fingerprint density at radius 1 is 0.829 bits per heavy atom.